The van der Waals surface area contributed by atoms with Gasteiger partial charge in [0.05, 0.1) is 32.5 Å². The maximum Gasteiger partial charge on any atom is 0.151 e. The van der Waals surface area contributed by atoms with Crippen molar-refractivity contribution in [2.45, 2.75) is 23.5 Å². The van der Waals surface area contributed by atoms with E-state index in [1.165, 1.54) is 0 Å². The van der Waals surface area contributed by atoms with Crippen molar-refractivity contribution in [2.75, 3.05) is 17.2 Å². The first-order valence-electron chi connectivity index (χ1n) is 5.36. The van der Waals surface area contributed by atoms with E-state index < -0.39 is 20.6 Å². The van der Waals surface area contributed by atoms with Gasteiger partial charge in [-0.25, -0.2) is 8.42 Å². The first-order valence-corrected chi connectivity index (χ1v) is 8.39. The molecule has 1 aliphatic heterocycles. The number of aryl methyl sites for hydroxylation is 1. The van der Waals surface area contributed by atoms with Gasteiger partial charge >= 0.3 is 0 Å². The summed E-state index contributed by atoms with van der Waals surface area (Å²) in [6, 6.07) is 5.34. The van der Waals surface area contributed by atoms with Crippen LogP contribution in [0.1, 0.15) is 12.0 Å². The Bertz CT molecular complexity index is 566. The van der Waals surface area contributed by atoms with Gasteiger partial charge in [-0.1, -0.05) is 6.07 Å². The molecule has 0 aromatic heterocycles. The average molecular weight is 273 g/mol. The van der Waals surface area contributed by atoms with Gasteiger partial charge in [-0.2, -0.15) is 0 Å². The molecule has 17 heavy (non-hydrogen) atoms. The van der Waals surface area contributed by atoms with E-state index in [9.17, 15) is 12.6 Å². The number of hydrogen-bond donors (Lipinski definition) is 1. The van der Waals surface area contributed by atoms with E-state index >= 15 is 0 Å². The molecule has 0 radical (unpaired) electrons. The van der Waals surface area contributed by atoms with E-state index in [1.54, 1.807) is 12.1 Å². The molecule has 1 aliphatic rings. The van der Waals surface area contributed by atoms with Crippen molar-refractivity contribution in [3.05, 3.63) is 23.8 Å². The SMILES string of the molecule is Cc1ccc(N)c(S(=O)C2CCS(=O)(=O)C2)c1. The highest BCUT2D eigenvalue weighted by Crippen LogP contribution is 2.26. The summed E-state index contributed by atoms with van der Waals surface area (Å²) in [4.78, 5) is 0.562. The van der Waals surface area contributed by atoms with Crippen molar-refractivity contribution in [3.8, 4) is 0 Å². The molecule has 1 heterocycles. The second-order valence-corrected chi connectivity index (χ2v) is 8.29. The Morgan fingerprint density at radius 2 is 2.12 bits per heavy atom. The number of hydrogen-bond acceptors (Lipinski definition) is 4. The highest BCUT2D eigenvalue weighted by Gasteiger charge is 2.33. The quantitative estimate of drug-likeness (QED) is 0.811. The standard InChI is InChI=1S/C11H15NO3S2/c1-8-2-3-10(12)11(6-8)16(13)9-4-5-17(14,15)7-9/h2-3,6,9H,4-5,7,12H2,1H3. The Balaban J connectivity index is 2.29. The van der Waals surface area contributed by atoms with Crippen molar-refractivity contribution in [3.63, 3.8) is 0 Å². The van der Waals surface area contributed by atoms with Gasteiger partial charge in [0.25, 0.3) is 0 Å². The van der Waals surface area contributed by atoms with Crippen LogP contribution in [0.2, 0.25) is 0 Å². The lowest BCUT2D eigenvalue weighted by molar-refractivity contribution is 0.602. The predicted octanol–water partition coefficient (Wildman–Crippen LogP) is 0.872. The number of nitrogens with two attached hydrogens (primary N) is 1. The molecule has 1 aromatic carbocycles. The smallest absolute Gasteiger partial charge is 0.151 e. The minimum Gasteiger partial charge on any atom is -0.398 e. The number of nitrogen functional groups attached to an aromatic ring is 1. The largest absolute Gasteiger partial charge is 0.398 e. The second-order valence-electron chi connectivity index (χ2n) is 4.36. The van der Waals surface area contributed by atoms with Crippen LogP contribution in [0.5, 0.6) is 0 Å². The summed E-state index contributed by atoms with van der Waals surface area (Å²) in [6.45, 7) is 1.89. The van der Waals surface area contributed by atoms with Gasteiger partial charge in [0.1, 0.15) is 0 Å². The van der Waals surface area contributed by atoms with Crippen LogP contribution >= 0.6 is 0 Å². The summed E-state index contributed by atoms with van der Waals surface area (Å²) >= 11 is 0. The summed E-state index contributed by atoms with van der Waals surface area (Å²) in [5, 5.41) is -0.316. The Morgan fingerprint density at radius 1 is 1.41 bits per heavy atom. The van der Waals surface area contributed by atoms with Crippen LogP contribution in [0.4, 0.5) is 5.69 Å². The molecule has 94 valence electrons. The molecular weight excluding hydrogens is 258 g/mol. The summed E-state index contributed by atoms with van der Waals surface area (Å²) in [5.74, 6) is 0.141. The lowest BCUT2D eigenvalue weighted by atomic mass is 10.2. The summed E-state index contributed by atoms with van der Waals surface area (Å²) in [7, 11) is -4.34. The fraction of sp³-hybridized carbons (Fsp3) is 0.455. The minimum absolute atomic E-state index is 0.00694. The normalized spacial score (nSPS) is 24.6. The third kappa shape index (κ3) is 2.69. The van der Waals surface area contributed by atoms with E-state index in [1.807, 2.05) is 13.0 Å². The average Bonchev–Trinajstić information content (AvgIpc) is 2.61. The summed E-state index contributed by atoms with van der Waals surface area (Å²) in [5.41, 5.74) is 7.23. The monoisotopic (exact) mass is 273 g/mol. The molecule has 2 N–H and O–H groups in total. The molecule has 1 fully saturated rings. The minimum atomic E-state index is -3.01. The van der Waals surface area contributed by atoms with Crippen LogP contribution in [-0.2, 0) is 20.6 Å². The topological polar surface area (TPSA) is 77.2 Å². The lowest BCUT2D eigenvalue weighted by Crippen LogP contribution is -2.17. The third-order valence-electron chi connectivity index (χ3n) is 2.88. The zero-order valence-corrected chi connectivity index (χ0v) is 11.2. The first kappa shape index (κ1) is 12.6. The third-order valence-corrected chi connectivity index (χ3v) is 6.65. The Hall–Kier alpha value is -0.880. The Labute approximate surface area is 104 Å². The molecular formula is C11H15NO3S2. The van der Waals surface area contributed by atoms with Crippen LogP contribution in [0.25, 0.3) is 0 Å². The molecule has 0 aliphatic carbocycles. The number of benzene rings is 1. The van der Waals surface area contributed by atoms with E-state index in [2.05, 4.69) is 0 Å². The zero-order valence-electron chi connectivity index (χ0n) is 9.55. The lowest BCUT2D eigenvalue weighted by Gasteiger charge is -2.11. The van der Waals surface area contributed by atoms with Gasteiger partial charge < -0.3 is 5.73 Å². The van der Waals surface area contributed by atoms with Crippen molar-refractivity contribution in [1.29, 1.82) is 0 Å². The molecule has 1 saturated heterocycles. The van der Waals surface area contributed by atoms with Crippen molar-refractivity contribution in [2.24, 2.45) is 0 Å². The fourth-order valence-corrected chi connectivity index (χ4v) is 6.03. The first-order chi connectivity index (χ1) is 7.89. The second kappa shape index (κ2) is 4.42. The number of anilines is 1. The van der Waals surface area contributed by atoms with Gasteiger partial charge in [0.15, 0.2) is 9.84 Å². The van der Waals surface area contributed by atoms with Gasteiger partial charge in [-0.05, 0) is 31.0 Å². The predicted molar refractivity (Wildman–Crippen MR) is 69.1 cm³/mol. The molecule has 0 amide bonds. The fourth-order valence-electron chi connectivity index (χ4n) is 1.93. The van der Waals surface area contributed by atoms with Crippen molar-refractivity contribution >= 4 is 26.3 Å². The maximum atomic E-state index is 12.3. The molecule has 6 heteroatoms. The molecule has 0 spiro atoms. The molecule has 2 unspecified atom stereocenters. The van der Waals surface area contributed by atoms with Crippen LogP contribution in [-0.4, -0.2) is 29.4 Å². The van der Waals surface area contributed by atoms with E-state index in [-0.39, 0.29) is 16.8 Å². The van der Waals surface area contributed by atoms with Crippen LogP contribution in [0.15, 0.2) is 23.1 Å². The van der Waals surface area contributed by atoms with Gasteiger partial charge in [-0.3, -0.25) is 4.21 Å². The number of sulfone groups is 1. The van der Waals surface area contributed by atoms with Gasteiger partial charge in [0.2, 0.25) is 0 Å². The molecule has 1 aromatic rings. The molecule has 4 nitrogen and oxygen atoms in total. The van der Waals surface area contributed by atoms with Crippen LogP contribution < -0.4 is 5.73 Å². The maximum absolute atomic E-state index is 12.3. The Kier molecular flexibility index (Phi) is 3.27. The van der Waals surface area contributed by atoms with E-state index in [4.69, 9.17) is 5.73 Å². The molecule has 0 bridgehead atoms. The highest BCUT2D eigenvalue weighted by molar-refractivity contribution is 7.94. The van der Waals surface area contributed by atoms with Crippen molar-refractivity contribution < 1.29 is 12.6 Å². The highest BCUT2D eigenvalue weighted by atomic mass is 32.2. The summed E-state index contributed by atoms with van der Waals surface area (Å²) < 4.78 is 35.0. The Morgan fingerprint density at radius 3 is 2.71 bits per heavy atom. The van der Waals surface area contributed by atoms with Crippen molar-refractivity contribution in [1.82, 2.24) is 0 Å². The van der Waals surface area contributed by atoms with Crippen LogP contribution in [0.3, 0.4) is 0 Å². The number of rotatable bonds is 2. The van der Waals surface area contributed by atoms with E-state index in [0.29, 0.717) is 17.0 Å². The molecule has 0 saturated carbocycles. The molecule has 2 rings (SSSR count). The van der Waals surface area contributed by atoms with E-state index in [0.717, 1.165) is 5.56 Å². The zero-order chi connectivity index (χ0) is 12.6. The summed E-state index contributed by atoms with van der Waals surface area (Å²) in [6.07, 6.45) is 0.461. The van der Waals surface area contributed by atoms with Gasteiger partial charge in [-0.15, -0.1) is 0 Å². The van der Waals surface area contributed by atoms with Gasteiger partial charge in [0, 0.05) is 5.69 Å². The van der Waals surface area contributed by atoms with Crippen LogP contribution in [0, 0.1) is 6.92 Å². The molecule has 2 atom stereocenters.